The molecular formula is C19H21BrN2O2. The van der Waals surface area contributed by atoms with Gasteiger partial charge in [-0.05, 0) is 48.1 Å². The molecule has 1 fully saturated rings. The van der Waals surface area contributed by atoms with E-state index in [0.717, 1.165) is 41.7 Å². The number of hydrogen-bond acceptors (Lipinski definition) is 3. The molecule has 0 aliphatic carbocycles. The predicted molar refractivity (Wildman–Crippen MR) is 96.5 cm³/mol. The molecule has 2 aromatic rings. The van der Waals surface area contributed by atoms with E-state index in [1.54, 1.807) is 6.20 Å². The summed E-state index contributed by atoms with van der Waals surface area (Å²) in [5.74, 6) is 0.425. The number of halogens is 1. The molecule has 1 saturated heterocycles. The van der Waals surface area contributed by atoms with Crippen LogP contribution in [-0.2, 0) is 16.0 Å². The third-order valence-electron chi connectivity index (χ3n) is 4.38. The topological polar surface area (TPSA) is 51.2 Å². The van der Waals surface area contributed by atoms with Crippen molar-refractivity contribution in [3.63, 3.8) is 0 Å². The maximum Gasteiger partial charge on any atom is 0.224 e. The van der Waals surface area contributed by atoms with Crippen molar-refractivity contribution in [2.45, 2.75) is 25.3 Å². The van der Waals surface area contributed by atoms with Crippen LogP contribution in [0, 0.1) is 5.92 Å². The number of aromatic nitrogens is 1. The fraction of sp³-hybridized carbons (Fsp3) is 0.368. The number of carbonyl (C=O) groups excluding carboxylic acids is 1. The minimum Gasteiger partial charge on any atom is -0.381 e. The van der Waals surface area contributed by atoms with Crippen molar-refractivity contribution in [2.75, 3.05) is 13.2 Å². The van der Waals surface area contributed by atoms with Gasteiger partial charge in [-0.15, -0.1) is 0 Å². The highest BCUT2D eigenvalue weighted by Crippen LogP contribution is 2.29. The fourth-order valence-corrected chi connectivity index (χ4v) is 3.36. The van der Waals surface area contributed by atoms with Crippen LogP contribution in [0.5, 0.6) is 0 Å². The summed E-state index contributed by atoms with van der Waals surface area (Å²) in [6, 6.07) is 11.8. The Hall–Kier alpha value is -1.72. The Balaban J connectivity index is 1.71. The maximum absolute atomic E-state index is 12.5. The average Bonchev–Trinajstić information content (AvgIpc) is 2.63. The van der Waals surface area contributed by atoms with Crippen molar-refractivity contribution < 1.29 is 9.53 Å². The molecule has 126 valence electrons. The van der Waals surface area contributed by atoms with E-state index in [9.17, 15) is 4.79 Å². The van der Waals surface area contributed by atoms with Gasteiger partial charge >= 0.3 is 0 Å². The molecule has 1 amide bonds. The number of nitrogens with one attached hydrogen (secondary N) is 1. The van der Waals surface area contributed by atoms with Gasteiger partial charge in [0.2, 0.25) is 5.91 Å². The van der Waals surface area contributed by atoms with E-state index in [-0.39, 0.29) is 11.9 Å². The minimum absolute atomic E-state index is 0.00875. The van der Waals surface area contributed by atoms with Gasteiger partial charge in [-0.25, -0.2) is 0 Å². The van der Waals surface area contributed by atoms with Crippen LogP contribution in [0.3, 0.4) is 0 Å². The van der Waals surface area contributed by atoms with Gasteiger partial charge in [-0.1, -0.05) is 34.1 Å². The first-order valence-electron chi connectivity index (χ1n) is 8.24. The van der Waals surface area contributed by atoms with Crippen LogP contribution in [0.1, 0.15) is 30.0 Å². The molecule has 5 heteroatoms. The molecular weight excluding hydrogens is 368 g/mol. The smallest absolute Gasteiger partial charge is 0.224 e. The Morgan fingerprint density at radius 1 is 1.25 bits per heavy atom. The van der Waals surface area contributed by atoms with E-state index < -0.39 is 0 Å². The Bertz CT molecular complexity index is 655. The third-order valence-corrected chi connectivity index (χ3v) is 4.90. The standard InChI is InChI=1S/C19H21BrN2O2/c20-17-5-3-14(4-6-17)12-18(23)22-19(15-7-10-24-11-8-15)16-2-1-9-21-13-16/h1-6,9,13,15,19H,7-8,10-12H2,(H,22,23). The largest absolute Gasteiger partial charge is 0.381 e. The summed E-state index contributed by atoms with van der Waals surface area (Å²) in [5, 5.41) is 3.22. The van der Waals surface area contributed by atoms with Crippen LogP contribution in [0.15, 0.2) is 53.3 Å². The molecule has 0 spiro atoms. The molecule has 1 aromatic carbocycles. The summed E-state index contributed by atoms with van der Waals surface area (Å²) in [6.45, 7) is 1.51. The Morgan fingerprint density at radius 2 is 2.00 bits per heavy atom. The van der Waals surface area contributed by atoms with Gasteiger partial charge in [0.15, 0.2) is 0 Å². The van der Waals surface area contributed by atoms with Crippen molar-refractivity contribution in [1.29, 1.82) is 0 Å². The number of nitrogens with zero attached hydrogens (tertiary/aromatic N) is 1. The summed E-state index contributed by atoms with van der Waals surface area (Å²) in [4.78, 5) is 16.8. The molecule has 3 rings (SSSR count). The molecule has 0 saturated carbocycles. The van der Waals surface area contributed by atoms with Crippen LogP contribution in [-0.4, -0.2) is 24.1 Å². The number of carbonyl (C=O) groups is 1. The van der Waals surface area contributed by atoms with Gasteiger partial charge in [0.25, 0.3) is 0 Å². The number of benzene rings is 1. The zero-order valence-electron chi connectivity index (χ0n) is 13.5. The molecule has 1 atom stereocenters. The lowest BCUT2D eigenvalue weighted by Gasteiger charge is -2.31. The quantitative estimate of drug-likeness (QED) is 0.849. The van der Waals surface area contributed by atoms with Crippen LogP contribution in [0.25, 0.3) is 0 Å². The van der Waals surface area contributed by atoms with E-state index in [1.807, 2.05) is 42.6 Å². The number of hydrogen-bond donors (Lipinski definition) is 1. The minimum atomic E-state index is -0.00875. The van der Waals surface area contributed by atoms with Crippen molar-refractivity contribution in [1.82, 2.24) is 10.3 Å². The second kappa shape index (κ2) is 8.40. The van der Waals surface area contributed by atoms with Gasteiger partial charge < -0.3 is 10.1 Å². The maximum atomic E-state index is 12.5. The highest BCUT2D eigenvalue weighted by atomic mass is 79.9. The fourth-order valence-electron chi connectivity index (χ4n) is 3.09. The van der Waals surface area contributed by atoms with Crippen molar-refractivity contribution >= 4 is 21.8 Å². The zero-order chi connectivity index (χ0) is 16.8. The number of ether oxygens (including phenoxy) is 1. The molecule has 1 aliphatic rings. The van der Waals surface area contributed by atoms with Crippen LogP contribution in [0.2, 0.25) is 0 Å². The highest BCUT2D eigenvalue weighted by molar-refractivity contribution is 9.10. The first-order valence-corrected chi connectivity index (χ1v) is 9.03. The summed E-state index contributed by atoms with van der Waals surface area (Å²) < 4.78 is 6.48. The first-order chi connectivity index (χ1) is 11.7. The zero-order valence-corrected chi connectivity index (χ0v) is 15.0. The van der Waals surface area contributed by atoms with Crippen molar-refractivity contribution in [3.05, 3.63) is 64.4 Å². The first kappa shape index (κ1) is 17.1. The molecule has 4 nitrogen and oxygen atoms in total. The van der Waals surface area contributed by atoms with Gasteiger partial charge in [-0.3, -0.25) is 9.78 Å². The Kier molecular flexibility index (Phi) is 5.99. The predicted octanol–water partition coefficient (Wildman–Crippen LogP) is 3.67. The number of rotatable bonds is 5. The molecule has 1 N–H and O–H groups in total. The van der Waals surface area contributed by atoms with Crippen LogP contribution >= 0.6 is 15.9 Å². The molecule has 0 radical (unpaired) electrons. The van der Waals surface area contributed by atoms with E-state index >= 15 is 0 Å². The summed E-state index contributed by atoms with van der Waals surface area (Å²) in [5.41, 5.74) is 2.07. The van der Waals surface area contributed by atoms with Crippen molar-refractivity contribution in [3.8, 4) is 0 Å². The van der Waals surface area contributed by atoms with E-state index in [2.05, 4.69) is 26.2 Å². The van der Waals surface area contributed by atoms with Gasteiger partial charge in [0.1, 0.15) is 0 Å². The van der Waals surface area contributed by atoms with Gasteiger partial charge in [0.05, 0.1) is 12.5 Å². The summed E-state index contributed by atoms with van der Waals surface area (Å²) >= 11 is 3.42. The van der Waals surface area contributed by atoms with Crippen molar-refractivity contribution in [2.24, 2.45) is 5.92 Å². The third kappa shape index (κ3) is 4.65. The summed E-state index contributed by atoms with van der Waals surface area (Å²) in [7, 11) is 0. The molecule has 0 bridgehead atoms. The lowest BCUT2D eigenvalue weighted by Crippen LogP contribution is -2.36. The molecule has 1 aliphatic heterocycles. The van der Waals surface area contributed by atoms with Crippen LogP contribution < -0.4 is 5.32 Å². The number of amides is 1. The van der Waals surface area contributed by atoms with Gasteiger partial charge in [-0.2, -0.15) is 0 Å². The SMILES string of the molecule is O=C(Cc1ccc(Br)cc1)NC(c1cccnc1)C1CCOCC1. The van der Waals surface area contributed by atoms with Gasteiger partial charge in [0, 0.05) is 30.1 Å². The number of pyridine rings is 1. The average molecular weight is 389 g/mol. The van der Waals surface area contributed by atoms with E-state index in [0.29, 0.717) is 12.3 Å². The summed E-state index contributed by atoms with van der Waals surface area (Å²) in [6.07, 6.45) is 5.90. The van der Waals surface area contributed by atoms with Crippen LogP contribution in [0.4, 0.5) is 0 Å². The highest BCUT2D eigenvalue weighted by Gasteiger charge is 2.27. The monoisotopic (exact) mass is 388 g/mol. The second-order valence-electron chi connectivity index (χ2n) is 6.08. The molecule has 1 unspecified atom stereocenters. The molecule has 2 heterocycles. The van der Waals surface area contributed by atoms with E-state index in [4.69, 9.17) is 4.74 Å². The Morgan fingerprint density at radius 3 is 2.67 bits per heavy atom. The Labute approximate surface area is 150 Å². The van der Waals surface area contributed by atoms with E-state index in [1.165, 1.54) is 0 Å². The second-order valence-corrected chi connectivity index (χ2v) is 7.00. The molecule has 24 heavy (non-hydrogen) atoms. The molecule has 1 aromatic heterocycles. The lowest BCUT2D eigenvalue weighted by molar-refractivity contribution is -0.121. The lowest BCUT2D eigenvalue weighted by atomic mass is 9.87. The normalized spacial score (nSPS) is 16.5.